The Morgan fingerprint density at radius 3 is 3.06 bits per heavy atom. The number of rotatable bonds is 3. The highest BCUT2D eigenvalue weighted by molar-refractivity contribution is 7.11. The first-order chi connectivity index (χ1) is 8.72. The van der Waals surface area contributed by atoms with Gasteiger partial charge < -0.3 is 15.2 Å². The number of phenols is 1. The van der Waals surface area contributed by atoms with Gasteiger partial charge in [0.15, 0.2) is 0 Å². The zero-order chi connectivity index (χ0) is 12.5. The number of hydrogen-bond donors (Lipinski definition) is 2. The summed E-state index contributed by atoms with van der Waals surface area (Å²) >= 11 is 1.81. The Morgan fingerprint density at radius 1 is 1.39 bits per heavy atom. The van der Waals surface area contributed by atoms with Crippen molar-refractivity contribution in [2.75, 3.05) is 6.61 Å². The molecule has 2 aromatic rings. The van der Waals surface area contributed by atoms with Crippen LogP contribution in [0.5, 0.6) is 11.5 Å². The fraction of sp³-hybridized carbons (Fsp3) is 0.286. The van der Waals surface area contributed by atoms with E-state index in [1.807, 2.05) is 17.4 Å². The first-order valence-electron chi connectivity index (χ1n) is 5.97. The zero-order valence-corrected chi connectivity index (χ0v) is 11.0. The van der Waals surface area contributed by atoms with Crippen LogP contribution in [0.25, 0.3) is 0 Å². The highest BCUT2D eigenvalue weighted by Crippen LogP contribution is 2.35. The Morgan fingerprint density at radius 2 is 2.28 bits per heavy atom. The van der Waals surface area contributed by atoms with Crippen LogP contribution in [0.2, 0.25) is 0 Å². The monoisotopic (exact) mass is 261 g/mol. The number of fused-ring (bicyclic) bond motifs is 1. The average molecular weight is 261 g/mol. The smallest absolute Gasteiger partial charge is 0.127 e. The predicted octanol–water partition coefficient (Wildman–Crippen LogP) is 2.99. The molecular formula is C14H15NO2S. The summed E-state index contributed by atoms with van der Waals surface area (Å²) in [6, 6.07) is 9.81. The van der Waals surface area contributed by atoms with Crippen LogP contribution < -0.4 is 10.1 Å². The molecule has 2 N–H and O–H groups in total. The Labute approximate surface area is 110 Å². The normalized spacial score (nSPS) is 17.5. The molecule has 0 fully saturated rings. The summed E-state index contributed by atoms with van der Waals surface area (Å²) < 4.78 is 5.57. The minimum absolute atomic E-state index is 0.211. The quantitative estimate of drug-likeness (QED) is 0.892. The highest BCUT2D eigenvalue weighted by Gasteiger charge is 2.23. The van der Waals surface area contributed by atoms with Gasteiger partial charge in [-0.05, 0) is 31.2 Å². The molecule has 1 aromatic carbocycles. The molecule has 1 aromatic heterocycles. The van der Waals surface area contributed by atoms with E-state index in [0.29, 0.717) is 6.61 Å². The van der Waals surface area contributed by atoms with Crippen molar-refractivity contribution in [3.8, 4) is 11.5 Å². The highest BCUT2D eigenvalue weighted by atomic mass is 32.1. The summed E-state index contributed by atoms with van der Waals surface area (Å²) in [7, 11) is 0. The van der Waals surface area contributed by atoms with Crippen molar-refractivity contribution >= 4 is 11.3 Å². The van der Waals surface area contributed by atoms with Crippen molar-refractivity contribution in [2.24, 2.45) is 0 Å². The lowest BCUT2D eigenvalue weighted by Crippen LogP contribution is -2.21. The molecule has 2 heterocycles. The van der Waals surface area contributed by atoms with E-state index in [4.69, 9.17) is 4.74 Å². The minimum Gasteiger partial charge on any atom is -0.508 e. The summed E-state index contributed by atoms with van der Waals surface area (Å²) in [4.78, 5) is 2.67. The maximum Gasteiger partial charge on any atom is 0.127 e. The van der Waals surface area contributed by atoms with Gasteiger partial charge in [0.25, 0.3) is 0 Å². The van der Waals surface area contributed by atoms with E-state index in [2.05, 4.69) is 24.4 Å². The Hall–Kier alpha value is -1.52. The number of hydrogen-bond acceptors (Lipinski definition) is 4. The van der Waals surface area contributed by atoms with Crippen molar-refractivity contribution in [3.63, 3.8) is 0 Å². The van der Waals surface area contributed by atoms with Crippen LogP contribution in [0.1, 0.15) is 21.4 Å². The van der Waals surface area contributed by atoms with Crippen molar-refractivity contribution in [2.45, 2.75) is 19.5 Å². The lowest BCUT2D eigenvalue weighted by molar-refractivity contribution is 0.310. The third kappa shape index (κ3) is 2.21. The Balaban J connectivity index is 1.69. The van der Waals surface area contributed by atoms with Crippen molar-refractivity contribution in [1.29, 1.82) is 0 Å². The standard InChI is InChI=1S/C14H15NO2S/c1-9-2-4-11(18-9)7-15-13-8-17-14-6-10(16)3-5-12(13)14/h2-6,13,15-16H,7-8H2,1H3. The van der Waals surface area contributed by atoms with Gasteiger partial charge in [0.05, 0.1) is 6.04 Å². The van der Waals surface area contributed by atoms with Crippen LogP contribution >= 0.6 is 11.3 Å². The van der Waals surface area contributed by atoms with Gasteiger partial charge in [0.1, 0.15) is 18.1 Å². The summed E-state index contributed by atoms with van der Waals surface area (Å²) in [5, 5.41) is 12.9. The van der Waals surface area contributed by atoms with Crippen LogP contribution in [0.15, 0.2) is 30.3 Å². The maximum atomic E-state index is 9.39. The van der Waals surface area contributed by atoms with Crippen LogP contribution in [0.4, 0.5) is 0 Å². The molecule has 3 nitrogen and oxygen atoms in total. The fourth-order valence-corrected chi connectivity index (χ4v) is 3.01. The number of benzene rings is 1. The second kappa shape index (κ2) is 4.63. The average Bonchev–Trinajstić information content (AvgIpc) is 2.92. The van der Waals surface area contributed by atoms with Crippen LogP contribution in [0.3, 0.4) is 0 Å². The molecule has 3 rings (SSSR count). The summed E-state index contributed by atoms with van der Waals surface area (Å²) in [6.07, 6.45) is 0. The molecule has 0 saturated carbocycles. The zero-order valence-electron chi connectivity index (χ0n) is 10.1. The van der Waals surface area contributed by atoms with Gasteiger partial charge >= 0.3 is 0 Å². The van der Waals surface area contributed by atoms with Crippen LogP contribution in [-0.2, 0) is 6.54 Å². The van der Waals surface area contributed by atoms with E-state index in [1.54, 1.807) is 12.1 Å². The molecule has 1 atom stereocenters. The molecular weight excluding hydrogens is 246 g/mol. The van der Waals surface area contributed by atoms with Gasteiger partial charge in [0.2, 0.25) is 0 Å². The Kier molecular flexibility index (Phi) is 2.97. The van der Waals surface area contributed by atoms with E-state index in [0.717, 1.165) is 17.9 Å². The van der Waals surface area contributed by atoms with E-state index in [1.165, 1.54) is 9.75 Å². The summed E-state index contributed by atoms with van der Waals surface area (Å²) in [5.41, 5.74) is 1.13. The van der Waals surface area contributed by atoms with Crippen molar-refractivity contribution < 1.29 is 9.84 Å². The van der Waals surface area contributed by atoms with E-state index >= 15 is 0 Å². The second-order valence-electron chi connectivity index (χ2n) is 4.48. The number of aryl methyl sites for hydroxylation is 1. The number of ether oxygens (including phenoxy) is 1. The van der Waals surface area contributed by atoms with Gasteiger partial charge in [-0.3, -0.25) is 0 Å². The van der Waals surface area contributed by atoms with E-state index in [9.17, 15) is 5.11 Å². The summed E-state index contributed by atoms with van der Waals surface area (Å²) in [5.74, 6) is 1.04. The van der Waals surface area contributed by atoms with E-state index in [-0.39, 0.29) is 11.8 Å². The number of nitrogens with one attached hydrogen (secondary N) is 1. The third-order valence-corrected chi connectivity index (χ3v) is 4.10. The van der Waals surface area contributed by atoms with Crippen molar-refractivity contribution in [3.05, 3.63) is 45.6 Å². The molecule has 0 radical (unpaired) electrons. The lowest BCUT2D eigenvalue weighted by atomic mass is 10.1. The molecule has 1 unspecified atom stereocenters. The van der Waals surface area contributed by atoms with Crippen LogP contribution in [-0.4, -0.2) is 11.7 Å². The van der Waals surface area contributed by atoms with Gasteiger partial charge in [-0.1, -0.05) is 0 Å². The van der Waals surface area contributed by atoms with Gasteiger partial charge in [-0.15, -0.1) is 11.3 Å². The molecule has 18 heavy (non-hydrogen) atoms. The molecule has 94 valence electrons. The second-order valence-corrected chi connectivity index (χ2v) is 5.85. The SMILES string of the molecule is Cc1ccc(CNC2COc3cc(O)ccc32)s1. The van der Waals surface area contributed by atoms with Gasteiger partial charge in [-0.2, -0.15) is 0 Å². The molecule has 0 aliphatic carbocycles. The molecule has 1 aliphatic heterocycles. The minimum atomic E-state index is 0.211. The topological polar surface area (TPSA) is 41.5 Å². The first kappa shape index (κ1) is 11.6. The molecule has 0 bridgehead atoms. The molecule has 0 saturated heterocycles. The predicted molar refractivity (Wildman–Crippen MR) is 72.2 cm³/mol. The van der Waals surface area contributed by atoms with Crippen molar-refractivity contribution in [1.82, 2.24) is 5.32 Å². The largest absolute Gasteiger partial charge is 0.508 e. The molecule has 4 heteroatoms. The third-order valence-electron chi connectivity index (χ3n) is 3.10. The number of phenolic OH excluding ortho intramolecular Hbond substituents is 1. The fourth-order valence-electron chi connectivity index (χ4n) is 2.17. The van der Waals surface area contributed by atoms with Crippen LogP contribution in [0, 0.1) is 6.92 Å². The first-order valence-corrected chi connectivity index (χ1v) is 6.78. The number of thiophene rings is 1. The molecule has 0 spiro atoms. The lowest BCUT2D eigenvalue weighted by Gasteiger charge is -2.10. The molecule has 1 aliphatic rings. The number of aromatic hydroxyl groups is 1. The van der Waals surface area contributed by atoms with Gasteiger partial charge in [-0.25, -0.2) is 0 Å². The Bertz CT molecular complexity index is 565. The van der Waals surface area contributed by atoms with Gasteiger partial charge in [0, 0.05) is 27.9 Å². The van der Waals surface area contributed by atoms with E-state index < -0.39 is 0 Å². The summed E-state index contributed by atoms with van der Waals surface area (Å²) in [6.45, 7) is 3.60. The maximum absolute atomic E-state index is 9.39. The molecule has 0 amide bonds.